The van der Waals surface area contributed by atoms with Crippen LogP contribution in [-0.2, 0) is 11.3 Å². The standard InChI is InChI=1S/C18H19N5O3/c24-16(21-15-9-10-19-23(15)12-5-1-2-6-12)11-22-17(25)13-7-3-4-8-14(13)20-18(22)26/h3-4,7-10,12H,1-2,5-6,11H2,(H,20,26)(H,21,24). The summed E-state index contributed by atoms with van der Waals surface area (Å²) < 4.78 is 2.73. The molecule has 1 aromatic carbocycles. The first-order chi connectivity index (χ1) is 12.6. The van der Waals surface area contributed by atoms with E-state index in [0.717, 1.165) is 30.3 Å². The molecule has 26 heavy (non-hydrogen) atoms. The number of amides is 1. The Morgan fingerprint density at radius 3 is 2.77 bits per heavy atom. The van der Waals surface area contributed by atoms with Crippen LogP contribution in [0.2, 0.25) is 0 Å². The summed E-state index contributed by atoms with van der Waals surface area (Å²) in [6.07, 6.45) is 6.02. The SMILES string of the molecule is O=C(Cn1c(=O)[nH]c2ccccc2c1=O)Nc1ccnn1C1CCCC1. The maximum Gasteiger partial charge on any atom is 0.329 e. The third kappa shape index (κ3) is 2.94. The van der Waals surface area contributed by atoms with Gasteiger partial charge in [0, 0.05) is 6.07 Å². The van der Waals surface area contributed by atoms with Gasteiger partial charge in [0.05, 0.1) is 23.1 Å². The van der Waals surface area contributed by atoms with Crippen molar-refractivity contribution in [3.63, 3.8) is 0 Å². The molecule has 2 aromatic heterocycles. The molecule has 1 saturated carbocycles. The van der Waals surface area contributed by atoms with E-state index in [2.05, 4.69) is 15.4 Å². The van der Waals surface area contributed by atoms with Gasteiger partial charge in [-0.15, -0.1) is 0 Å². The average molecular weight is 353 g/mol. The highest BCUT2D eigenvalue weighted by atomic mass is 16.2. The van der Waals surface area contributed by atoms with Gasteiger partial charge in [-0.2, -0.15) is 5.10 Å². The van der Waals surface area contributed by atoms with E-state index in [1.54, 1.807) is 36.5 Å². The molecular formula is C18H19N5O3. The van der Waals surface area contributed by atoms with Gasteiger partial charge in [0.1, 0.15) is 12.4 Å². The Morgan fingerprint density at radius 2 is 1.96 bits per heavy atom. The number of nitrogens with one attached hydrogen (secondary N) is 2. The zero-order valence-corrected chi connectivity index (χ0v) is 14.1. The molecule has 8 heteroatoms. The second kappa shape index (κ2) is 6.62. The summed E-state index contributed by atoms with van der Waals surface area (Å²) in [4.78, 5) is 39.7. The molecular weight excluding hydrogens is 334 g/mol. The maximum atomic E-state index is 12.5. The van der Waals surface area contributed by atoms with Crippen molar-refractivity contribution in [1.82, 2.24) is 19.3 Å². The van der Waals surface area contributed by atoms with E-state index in [9.17, 15) is 14.4 Å². The Morgan fingerprint density at radius 1 is 1.19 bits per heavy atom. The van der Waals surface area contributed by atoms with Crippen LogP contribution in [0, 0.1) is 0 Å². The molecule has 1 fully saturated rings. The average Bonchev–Trinajstić information content (AvgIpc) is 3.30. The fourth-order valence-electron chi connectivity index (χ4n) is 3.52. The first-order valence-corrected chi connectivity index (χ1v) is 8.69. The third-order valence-electron chi connectivity index (χ3n) is 4.80. The number of nitrogens with zero attached hydrogens (tertiary/aromatic N) is 3. The van der Waals surface area contributed by atoms with Crippen molar-refractivity contribution in [2.75, 3.05) is 5.32 Å². The molecule has 3 aromatic rings. The summed E-state index contributed by atoms with van der Waals surface area (Å²) in [5.41, 5.74) is -0.629. The van der Waals surface area contributed by atoms with Crippen molar-refractivity contribution in [2.45, 2.75) is 38.3 Å². The van der Waals surface area contributed by atoms with E-state index >= 15 is 0 Å². The first kappa shape index (κ1) is 16.3. The minimum absolute atomic E-state index is 0.284. The largest absolute Gasteiger partial charge is 0.329 e. The van der Waals surface area contributed by atoms with Gasteiger partial charge >= 0.3 is 5.69 Å². The second-order valence-corrected chi connectivity index (χ2v) is 6.51. The number of carbonyl (C=O) groups is 1. The minimum atomic E-state index is -0.604. The Hall–Kier alpha value is -3.16. The number of hydrogen-bond donors (Lipinski definition) is 2. The van der Waals surface area contributed by atoms with E-state index < -0.39 is 17.2 Å². The summed E-state index contributed by atoms with van der Waals surface area (Å²) in [6, 6.07) is 8.74. The lowest BCUT2D eigenvalue weighted by atomic mass is 10.2. The van der Waals surface area contributed by atoms with Crippen LogP contribution >= 0.6 is 0 Å². The van der Waals surface area contributed by atoms with Crippen LogP contribution < -0.4 is 16.6 Å². The Bertz CT molecular complexity index is 1070. The number of H-pyrrole nitrogens is 1. The number of carbonyl (C=O) groups excluding carboxylic acids is 1. The summed E-state index contributed by atoms with van der Waals surface area (Å²) >= 11 is 0. The fraction of sp³-hybridized carbons (Fsp3) is 0.333. The smallest absolute Gasteiger partial charge is 0.309 e. The van der Waals surface area contributed by atoms with E-state index in [-0.39, 0.29) is 12.6 Å². The number of para-hydroxylation sites is 1. The monoisotopic (exact) mass is 353 g/mol. The predicted octanol–water partition coefficient (Wildman–Crippen LogP) is 1.64. The predicted molar refractivity (Wildman–Crippen MR) is 97.2 cm³/mol. The van der Waals surface area contributed by atoms with E-state index in [4.69, 9.17) is 0 Å². The first-order valence-electron chi connectivity index (χ1n) is 8.69. The van der Waals surface area contributed by atoms with Crippen LogP contribution in [0.15, 0.2) is 46.1 Å². The number of benzene rings is 1. The molecule has 1 aliphatic rings. The minimum Gasteiger partial charge on any atom is -0.309 e. The van der Waals surface area contributed by atoms with Gasteiger partial charge in [-0.25, -0.2) is 9.48 Å². The quantitative estimate of drug-likeness (QED) is 0.744. The zero-order chi connectivity index (χ0) is 18.1. The van der Waals surface area contributed by atoms with Gasteiger partial charge in [-0.1, -0.05) is 25.0 Å². The molecule has 0 saturated heterocycles. The number of rotatable bonds is 4. The summed E-state index contributed by atoms with van der Waals surface area (Å²) in [5.74, 6) is 0.153. The summed E-state index contributed by atoms with van der Waals surface area (Å²) in [7, 11) is 0. The molecule has 8 nitrogen and oxygen atoms in total. The number of fused-ring (bicyclic) bond motifs is 1. The lowest BCUT2D eigenvalue weighted by Crippen LogP contribution is -2.38. The van der Waals surface area contributed by atoms with Gasteiger partial charge in [0.15, 0.2) is 0 Å². The molecule has 1 aliphatic carbocycles. The van der Waals surface area contributed by atoms with Crippen LogP contribution in [0.5, 0.6) is 0 Å². The van der Waals surface area contributed by atoms with E-state index in [1.807, 2.05) is 4.68 Å². The van der Waals surface area contributed by atoms with Gasteiger partial charge in [-0.05, 0) is 25.0 Å². The number of aromatic amines is 1. The molecule has 1 amide bonds. The molecule has 2 heterocycles. The van der Waals surface area contributed by atoms with Crippen LogP contribution in [0.4, 0.5) is 5.82 Å². The van der Waals surface area contributed by atoms with Crippen molar-refractivity contribution in [1.29, 1.82) is 0 Å². The molecule has 2 N–H and O–H groups in total. The molecule has 0 spiro atoms. The van der Waals surface area contributed by atoms with E-state index in [0.29, 0.717) is 16.7 Å². The van der Waals surface area contributed by atoms with Crippen molar-refractivity contribution < 1.29 is 4.79 Å². The zero-order valence-electron chi connectivity index (χ0n) is 14.1. The highest BCUT2D eigenvalue weighted by molar-refractivity contribution is 5.90. The Kier molecular flexibility index (Phi) is 4.16. The summed E-state index contributed by atoms with van der Waals surface area (Å²) in [6.45, 7) is -0.352. The van der Waals surface area contributed by atoms with Crippen molar-refractivity contribution in [3.05, 3.63) is 57.4 Å². The third-order valence-corrected chi connectivity index (χ3v) is 4.80. The number of hydrogen-bond acceptors (Lipinski definition) is 4. The Labute approximate surface area is 148 Å². The number of anilines is 1. The topological polar surface area (TPSA) is 102 Å². The molecule has 0 radical (unpaired) electrons. The van der Waals surface area contributed by atoms with Gasteiger partial charge < -0.3 is 10.3 Å². The molecule has 134 valence electrons. The van der Waals surface area contributed by atoms with Gasteiger partial charge in [0.2, 0.25) is 5.91 Å². The van der Waals surface area contributed by atoms with Crippen LogP contribution in [0.25, 0.3) is 10.9 Å². The fourth-order valence-corrected chi connectivity index (χ4v) is 3.52. The van der Waals surface area contributed by atoms with E-state index in [1.165, 1.54) is 0 Å². The second-order valence-electron chi connectivity index (χ2n) is 6.51. The molecule has 0 unspecified atom stereocenters. The van der Waals surface area contributed by atoms with Gasteiger partial charge in [-0.3, -0.25) is 14.2 Å². The lowest BCUT2D eigenvalue weighted by molar-refractivity contribution is -0.116. The number of aromatic nitrogens is 4. The molecule has 0 aliphatic heterocycles. The van der Waals surface area contributed by atoms with Crippen molar-refractivity contribution in [2.24, 2.45) is 0 Å². The normalized spacial score (nSPS) is 14.8. The van der Waals surface area contributed by atoms with Gasteiger partial charge in [0.25, 0.3) is 5.56 Å². The highest BCUT2D eigenvalue weighted by Crippen LogP contribution is 2.31. The van der Waals surface area contributed by atoms with Crippen molar-refractivity contribution >= 4 is 22.6 Å². The highest BCUT2D eigenvalue weighted by Gasteiger charge is 2.21. The van der Waals surface area contributed by atoms with Crippen LogP contribution in [-0.4, -0.2) is 25.2 Å². The van der Waals surface area contributed by atoms with Crippen LogP contribution in [0.1, 0.15) is 31.7 Å². The molecule has 0 atom stereocenters. The molecule has 4 rings (SSSR count). The van der Waals surface area contributed by atoms with Crippen LogP contribution in [0.3, 0.4) is 0 Å². The Balaban J connectivity index is 1.58. The lowest BCUT2D eigenvalue weighted by Gasteiger charge is -2.14. The maximum absolute atomic E-state index is 12.5. The van der Waals surface area contributed by atoms with Crippen molar-refractivity contribution in [3.8, 4) is 0 Å². The summed E-state index contributed by atoms with van der Waals surface area (Å²) in [5, 5.41) is 7.44. The molecule has 0 bridgehead atoms.